The summed E-state index contributed by atoms with van der Waals surface area (Å²) in [4.78, 5) is 0. The Morgan fingerprint density at radius 2 is 1.37 bits per heavy atom. The van der Waals surface area contributed by atoms with E-state index in [2.05, 4.69) is 35.0 Å². The molecule has 0 aliphatic heterocycles. The van der Waals surface area contributed by atoms with Crippen molar-refractivity contribution in [1.29, 1.82) is 0 Å². The van der Waals surface area contributed by atoms with Crippen molar-refractivity contribution in [3.63, 3.8) is 0 Å². The molecule has 102 valence electrons. The zero-order chi connectivity index (χ0) is 14.3. The van der Waals surface area contributed by atoms with Crippen LogP contribution in [0.3, 0.4) is 0 Å². The van der Waals surface area contributed by atoms with Crippen molar-refractivity contribution in [2.24, 2.45) is 0 Å². The molecular formula is C17H21BrO. The van der Waals surface area contributed by atoms with Crippen molar-refractivity contribution in [1.82, 2.24) is 0 Å². The molecule has 0 saturated carbocycles. The van der Waals surface area contributed by atoms with Gasteiger partial charge in [0.05, 0.1) is 4.47 Å². The highest BCUT2D eigenvalue weighted by Crippen LogP contribution is 2.27. The molecule has 2 aromatic carbocycles. The Morgan fingerprint density at radius 3 is 1.79 bits per heavy atom. The van der Waals surface area contributed by atoms with Gasteiger partial charge in [0, 0.05) is 0 Å². The van der Waals surface area contributed by atoms with Crippen LogP contribution in [0.5, 0.6) is 5.75 Å². The van der Waals surface area contributed by atoms with Gasteiger partial charge in [-0.05, 0) is 55.8 Å². The molecule has 0 atom stereocenters. The Labute approximate surface area is 124 Å². The minimum Gasteiger partial charge on any atom is -0.487 e. The first-order valence-corrected chi connectivity index (χ1v) is 7.13. The van der Waals surface area contributed by atoms with Crippen LogP contribution in [0.25, 0.3) is 0 Å². The van der Waals surface area contributed by atoms with Crippen molar-refractivity contribution >= 4 is 15.9 Å². The number of hydrogen-bond acceptors (Lipinski definition) is 1. The lowest BCUT2D eigenvalue weighted by Gasteiger charge is -2.21. The topological polar surface area (TPSA) is 9.23 Å². The van der Waals surface area contributed by atoms with Crippen LogP contribution in [0.15, 0.2) is 59.1 Å². The fraction of sp³-hybridized carbons (Fsp3) is 0.294. The molecule has 0 aliphatic carbocycles. The summed E-state index contributed by atoms with van der Waals surface area (Å²) in [5.41, 5.74) is 1.19. The van der Waals surface area contributed by atoms with Crippen LogP contribution in [-0.2, 0) is 0 Å². The molecular weight excluding hydrogens is 300 g/mol. The minimum atomic E-state index is -0.135. The van der Waals surface area contributed by atoms with Crippen LogP contribution >= 0.6 is 15.9 Å². The standard InChI is InChI=1S/C10H13BrO.C7H8/c1-10(2,3)12-9-7-5-4-6-8(9)11;1-7-5-3-2-4-6-7/h4-7H,1-3H3;2-6H,1H3. The maximum absolute atomic E-state index is 5.69. The van der Waals surface area contributed by atoms with Gasteiger partial charge in [-0.25, -0.2) is 0 Å². The van der Waals surface area contributed by atoms with Crippen LogP contribution in [0.4, 0.5) is 0 Å². The van der Waals surface area contributed by atoms with E-state index in [1.54, 1.807) is 0 Å². The zero-order valence-electron chi connectivity index (χ0n) is 12.0. The molecule has 0 heterocycles. The number of rotatable bonds is 1. The summed E-state index contributed by atoms with van der Waals surface area (Å²) in [6.45, 7) is 8.19. The fourth-order valence-corrected chi connectivity index (χ4v) is 1.76. The Balaban J connectivity index is 0.000000218. The highest BCUT2D eigenvalue weighted by molar-refractivity contribution is 9.10. The number of halogens is 1. The molecule has 0 fully saturated rings. The van der Waals surface area contributed by atoms with Gasteiger partial charge in [0.2, 0.25) is 0 Å². The lowest BCUT2D eigenvalue weighted by molar-refractivity contribution is 0.130. The average molecular weight is 321 g/mol. The Bertz CT molecular complexity index is 486. The first-order chi connectivity index (χ1) is 8.88. The third kappa shape index (κ3) is 7.02. The molecule has 0 bridgehead atoms. The molecule has 2 rings (SSSR count). The molecule has 19 heavy (non-hydrogen) atoms. The van der Waals surface area contributed by atoms with Crippen LogP contribution < -0.4 is 4.74 Å². The third-order valence-corrected chi connectivity index (χ3v) is 2.85. The van der Waals surface area contributed by atoms with Crippen molar-refractivity contribution in [2.75, 3.05) is 0 Å². The van der Waals surface area contributed by atoms with E-state index < -0.39 is 0 Å². The van der Waals surface area contributed by atoms with Gasteiger partial charge in [0.1, 0.15) is 11.4 Å². The third-order valence-electron chi connectivity index (χ3n) is 2.19. The van der Waals surface area contributed by atoms with Gasteiger partial charge in [0.25, 0.3) is 0 Å². The van der Waals surface area contributed by atoms with Crippen LogP contribution in [-0.4, -0.2) is 5.60 Å². The monoisotopic (exact) mass is 320 g/mol. The summed E-state index contributed by atoms with van der Waals surface area (Å²) in [5, 5.41) is 0. The second-order valence-electron chi connectivity index (χ2n) is 5.30. The van der Waals surface area contributed by atoms with E-state index in [0.29, 0.717) is 0 Å². The maximum atomic E-state index is 5.69. The molecule has 0 saturated heterocycles. The molecule has 0 aromatic heterocycles. The van der Waals surface area contributed by atoms with Crippen molar-refractivity contribution in [2.45, 2.75) is 33.3 Å². The molecule has 0 unspecified atom stereocenters. The van der Waals surface area contributed by atoms with Crippen LogP contribution in [0.2, 0.25) is 0 Å². The molecule has 0 spiro atoms. The highest BCUT2D eigenvalue weighted by atomic mass is 79.9. The van der Waals surface area contributed by atoms with Crippen molar-refractivity contribution < 1.29 is 4.74 Å². The molecule has 1 nitrogen and oxygen atoms in total. The van der Waals surface area contributed by atoms with E-state index in [1.165, 1.54) is 5.56 Å². The summed E-state index contributed by atoms with van der Waals surface area (Å²) < 4.78 is 6.69. The first kappa shape index (κ1) is 15.8. The predicted octanol–water partition coefficient (Wildman–Crippen LogP) is 5.62. The van der Waals surface area contributed by atoms with Gasteiger partial charge in [-0.3, -0.25) is 0 Å². The van der Waals surface area contributed by atoms with E-state index in [0.717, 1.165) is 10.2 Å². The largest absolute Gasteiger partial charge is 0.487 e. The summed E-state index contributed by atoms with van der Waals surface area (Å²) in [5.74, 6) is 0.894. The molecule has 0 aliphatic rings. The van der Waals surface area contributed by atoms with Gasteiger partial charge in [0.15, 0.2) is 0 Å². The molecule has 0 amide bonds. The summed E-state index contributed by atoms with van der Waals surface area (Å²) >= 11 is 3.42. The van der Waals surface area contributed by atoms with Gasteiger partial charge in [-0.15, -0.1) is 0 Å². The Morgan fingerprint density at radius 1 is 0.842 bits per heavy atom. The average Bonchev–Trinajstić information content (AvgIpc) is 2.32. The van der Waals surface area contributed by atoms with Crippen LogP contribution in [0.1, 0.15) is 26.3 Å². The van der Waals surface area contributed by atoms with Gasteiger partial charge >= 0.3 is 0 Å². The Hall–Kier alpha value is -1.28. The zero-order valence-corrected chi connectivity index (χ0v) is 13.6. The number of hydrogen-bond donors (Lipinski definition) is 0. The lowest BCUT2D eigenvalue weighted by atomic mass is 10.2. The second-order valence-corrected chi connectivity index (χ2v) is 6.15. The normalized spacial score (nSPS) is 10.4. The van der Waals surface area contributed by atoms with E-state index in [4.69, 9.17) is 4.74 Å². The maximum Gasteiger partial charge on any atom is 0.134 e. The van der Waals surface area contributed by atoms with E-state index in [9.17, 15) is 0 Å². The Kier molecular flexibility index (Phi) is 6.10. The predicted molar refractivity (Wildman–Crippen MR) is 85.7 cm³/mol. The minimum absolute atomic E-state index is 0.135. The second kappa shape index (κ2) is 7.34. The SMILES string of the molecule is CC(C)(C)Oc1ccccc1Br.Cc1ccccc1. The quantitative estimate of drug-likeness (QED) is 0.662. The van der Waals surface area contributed by atoms with E-state index >= 15 is 0 Å². The van der Waals surface area contributed by atoms with Crippen molar-refractivity contribution in [3.05, 3.63) is 64.6 Å². The number of para-hydroxylation sites is 1. The summed E-state index contributed by atoms with van der Waals surface area (Å²) in [6, 6.07) is 18.1. The number of ether oxygens (including phenoxy) is 1. The van der Waals surface area contributed by atoms with E-state index in [1.807, 2.05) is 63.2 Å². The number of aryl methyl sites for hydroxylation is 1. The summed E-state index contributed by atoms with van der Waals surface area (Å²) in [6.07, 6.45) is 0. The molecule has 2 aromatic rings. The number of benzene rings is 2. The van der Waals surface area contributed by atoms with E-state index in [-0.39, 0.29) is 5.60 Å². The molecule has 2 heteroatoms. The summed E-state index contributed by atoms with van der Waals surface area (Å²) in [7, 11) is 0. The molecule has 0 radical (unpaired) electrons. The van der Waals surface area contributed by atoms with Gasteiger partial charge in [-0.1, -0.05) is 48.0 Å². The highest BCUT2D eigenvalue weighted by Gasteiger charge is 2.12. The lowest BCUT2D eigenvalue weighted by Crippen LogP contribution is -2.23. The van der Waals surface area contributed by atoms with Crippen LogP contribution in [0, 0.1) is 6.92 Å². The first-order valence-electron chi connectivity index (χ1n) is 6.34. The fourth-order valence-electron chi connectivity index (χ4n) is 1.39. The van der Waals surface area contributed by atoms with Gasteiger partial charge in [-0.2, -0.15) is 0 Å². The van der Waals surface area contributed by atoms with Crippen molar-refractivity contribution in [3.8, 4) is 5.75 Å². The molecule has 0 N–H and O–H groups in total. The van der Waals surface area contributed by atoms with Gasteiger partial charge < -0.3 is 4.74 Å². The smallest absolute Gasteiger partial charge is 0.134 e.